The van der Waals surface area contributed by atoms with Gasteiger partial charge in [0.1, 0.15) is 0 Å². The number of aromatic nitrogens is 3. The molecule has 4 nitrogen and oxygen atoms in total. The van der Waals surface area contributed by atoms with Gasteiger partial charge in [-0.25, -0.2) is 10.1 Å². The standard InChI is InChI=1S/C14H8F3N3O/c15-14(16,17)9-3-1-8(2-4-9)11-6-5-10-12(19-11)7-18-20-13(10)21/h1-7H,(H,20,21). The quantitative estimate of drug-likeness (QED) is 0.749. The van der Waals surface area contributed by atoms with Gasteiger partial charge in [-0.2, -0.15) is 18.3 Å². The molecule has 0 aliphatic heterocycles. The summed E-state index contributed by atoms with van der Waals surface area (Å²) < 4.78 is 37.5. The van der Waals surface area contributed by atoms with Crippen molar-refractivity contribution >= 4 is 10.9 Å². The Labute approximate surface area is 116 Å². The number of aromatic amines is 1. The van der Waals surface area contributed by atoms with Crippen molar-refractivity contribution in [1.29, 1.82) is 0 Å². The summed E-state index contributed by atoms with van der Waals surface area (Å²) >= 11 is 0. The highest BCUT2D eigenvalue weighted by molar-refractivity contribution is 5.79. The van der Waals surface area contributed by atoms with E-state index in [-0.39, 0.29) is 5.56 Å². The van der Waals surface area contributed by atoms with E-state index in [2.05, 4.69) is 15.2 Å². The number of halogens is 3. The smallest absolute Gasteiger partial charge is 0.267 e. The van der Waals surface area contributed by atoms with Crippen LogP contribution in [-0.2, 0) is 6.18 Å². The first-order valence-corrected chi connectivity index (χ1v) is 5.97. The third-order valence-corrected chi connectivity index (χ3v) is 3.03. The van der Waals surface area contributed by atoms with Crippen molar-refractivity contribution in [1.82, 2.24) is 15.2 Å². The Bertz CT molecular complexity index is 854. The Morgan fingerprint density at radius 1 is 1.00 bits per heavy atom. The molecule has 0 amide bonds. The van der Waals surface area contributed by atoms with E-state index >= 15 is 0 Å². The zero-order valence-corrected chi connectivity index (χ0v) is 10.5. The van der Waals surface area contributed by atoms with Crippen LogP contribution in [0.25, 0.3) is 22.2 Å². The first kappa shape index (κ1) is 13.3. The maximum Gasteiger partial charge on any atom is 0.416 e. The highest BCUT2D eigenvalue weighted by atomic mass is 19.4. The van der Waals surface area contributed by atoms with Crippen LogP contribution < -0.4 is 5.56 Å². The van der Waals surface area contributed by atoms with Crippen LogP contribution in [0.3, 0.4) is 0 Å². The Balaban J connectivity index is 2.06. The van der Waals surface area contributed by atoms with E-state index in [1.807, 2.05) is 0 Å². The van der Waals surface area contributed by atoms with Gasteiger partial charge in [0, 0.05) is 5.56 Å². The number of rotatable bonds is 1. The summed E-state index contributed by atoms with van der Waals surface area (Å²) in [6.07, 6.45) is -2.98. The first-order chi connectivity index (χ1) is 9.95. The molecule has 21 heavy (non-hydrogen) atoms. The molecule has 0 aliphatic rings. The first-order valence-electron chi connectivity index (χ1n) is 5.97. The van der Waals surface area contributed by atoms with E-state index in [0.717, 1.165) is 12.1 Å². The lowest BCUT2D eigenvalue weighted by Gasteiger charge is -2.07. The zero-order valence-electron chi connectivity index (χ0n) is 10.5. The van der Waals surface area contributed by atoms with E-state index in [1.165, 1.54) is 18.3 Å². The second-order valence-corrected chi connectivity index (χ2v) is 4.40. The molecule has 3 aromatic rings. The van der Waals surface area contributed by atoms with Gasteiger partial charge in [-0.1, -0.05) is 12.1 Å². The number of nitrogens with one attached hydrogen (secondary N) is 1. The summed E-state index contributed by atoms with van der Waals surface area (Å²) in [6.45, 7) is 0. The van der Waals surface area contributed by atoms with E-state index in [4.69, 9.17) is 0 Å². The fourth-order valence-corrected chi connectivity index (χ4v) is 1.97. The molecule has 0 saturated heterocycles. The van der Waals surface area contributed by atoms with Gasteiger partial charge >= 0.3 is 6.18 Å². The van der Waals surface area contributed by atoms with Crippen molar-refractivity contribution in [3.63, 3.8) is 0 Å². The molecule has 1 aromatic carbocycles. The summed E-state index contributed by atoms with van der Waals surface area (Å²) in [5.41, 5.74) is 0.314. The van der Waals surface area contributed by atoms with E-state index in [0.29, 0.717) is 22.2 Å². The lowest BCUT2D eigenvalue weighted by Crippen LogP contribution is -2.08. The Kier molecular flexibility index (Phi) is 2.97. The predicted octanol–water partition coefficient (Wildman–Crippen LogP) is 3.00. The van der Waals surface area contributed by atoms with Crippen LogP contribution in [0.15, 0.2) is 47.4 Å². The summed E-state index contributed by atoms with van der Waals surface area (Å²) in [4.78, 5) is 15.7. The van der Waals surface area contributed by atoms with Crippen molar-refractivity contribution in [3.8, 4) is 11.3 Å². The van der Waals surface area contributed by atoms with Gasteiger partial charge in [0.05, 0.1) is 28.4 Å². The van der Waals surface area contributed by atoms with Crippen LogP contribution in [0.2, 0.25) is 0 Å². The van der Waals surface area contributed by atoms with E-state index < -0.39 is 11.7 Å². The molecule has 0 bridgehead atoms. The van der Waals surface area contributed by atoms with Gasteiger partial charge in [-0.3, -0.25) is 4.79 Å². The third kappa shape index (κ3) is 2.49. The van der Waals surface area contributed by atoms with Gasteiger partial charge < -0.3 is 0 Å². The number of hydrogen-bond acceptors (Lipinski definition) is 3. The highest BCUT2D eigenvalue weighted by Crippen LogP contribution is 2.30. The number of alkyl halides is 3. The molecule has 0 spiro atoms. The topological polar surface area (TPSA) is 58.6 Å². The monoisotopic (exact) mass is 291 g/mol. The minimum absolute atomic E-state index is 0.362. The SMILES string of the molecule is O=c1[nH]ncc2nc(-c3ccc(C(F)(F)F)cc3)ccc12. The number of hydrogen-bond donors (Lipinski definition) is 1. The van der Waals surface area contributed by atoms with Gasteiger partial charge in [-0.05, 0) is 24.3 Å². The van der Waals surface area contributed by atoms with Gasteiger partial charge in [0.2, 0.25) is 0 Å². The molecule has 0 radical (unpaired) electrons. The predicted molar refractivity (Wildman–Crippen MR) is 70.6 cm³/mol. The zero-order chi connectivity index (χ0) is 15.0. The van der Waals surface area contributed by atoms with Crippen LogP contribution >= 0.6 is 0 Å². The fourth-order valence-electron chi connectivity index (χ4n) is 1.97. The maximum atomic E-state index is 12.5. The molecule has 7 heteroatoms. The number of benzene rings is 1. The van der Waals surface area contributed by atoms with Crippen molar-refractivity contribution in [3.05, 3.63) is 58.5 Å². The van der Waals surface area contributed by atoms with Gasteiger partial charge in [0.15, 0.2) is 0 Å². The van der Waals surface area contributed by atoms with E-state index in [1.54, 1.807) is 12.1 Å². The molecule has 0 fully saturated rings. The van der Waals surface area contributed by atoms with Crippen molar-refractivity contribution in [2.75, 3.05) is 0 Å². The second kappa shape index (κ2) is 4.69. The fraction of sp³-hybridized carbons (Fsp3) is 0.0714. The summed E-state index contributed by atoms with van der Waals surface area (Å²) in [7, 11) is 0. The second-order valence-electron chi connectivity index (χ2n) is 4.40. The Hall–Kier alpha value is -2.70. The molecule has 0 aliphatic carbocycles. The minimum Gasteiger partial charge on any atom is -0.267 e. The highest BCUT2D eigenvalue weighted by Gasteiger charge is 2.29. The molecule has 0 unspecified atom stereocenters. The van der Waals surface area contributed by atoms with Crippen LogP contribution in [-0.4, -0.2) is 15.2 Å². The molecule has 0 atom stereocenters. The van der Waals surface area contributed by atoms with Crippen LogP contribution in [0.5, 0.6) is 0 Å². The molecule has 2 aromatic heterocycles. The molecule has 2 heterocycles. The molecular weight excluding hydrogens is 283 g/mol. The summed E-state index contributed by atoms with van der Waals surface area (Å²) in [6, 6.07) is 7.83. The van der Waals surface area contributed by atoms with Gasteiger partial charge in [0.25, 0.3) is 5.56 Å². The number of pyridine rings is 1. The average molecular weight is 291 g/mol. The van der Waals surface area contributed by atoms with Crippen LogP contribution in [0, 0.1) is 0 Å². The molecular formula is C14H8F3N3O. The van der Waals surface area contributed by atoms with Crippen LogP contribution in [0.4, 0.5) is 13.2 Å². The molecule has 3 rings (SSSR count). The summed E-state index contributed by atoms with van der Waals surface area (Å²) in [5, 5.41) is 6.31. The molecule has 0 saturated carbocycles. The van der Waals surface area contributed by atoms with Crippen LogP contribution in [0.1, 0.15) is 5.56 Å². The Morgan fingerprint density at radius 3 is 2.38 bits per heavy atom. The minimum atomic E-state index is -4.37. The van der Waals surface area contributed by atoms with Crippen molar-refractivity contribution < 1.29 is 13.2 Å². The number of H-pyrrole nitrogens is 1. The maximum absolute atomic E-state index is 12.5. The molecule has 1 N–H and O–H groups in total. The number of nitrogens with zero attached hydrogens (tertiary/aromatic N) is 2. The molecule has 106 valence electrons. The number of fused-ring (bicyclic) bond motifs is 1. The largest absolute Gasteiger partial charge is 0.416 e. The summed E-state index contributed by atoms with van der Waals surface area (Å²) in [5.74, 6) is 0. The van der Waals surface area contributed by atoms with Crippen molar-refractivity contribution in [2.45, 2.75) is 6.18 Å². The normalized spacial score (nSPS) is 11.8. The third-order valence-electron chi connectivity index (χ3n) is 3.03. The lowest BCUT2D eigenvalue weighted by atomic mass is 10.1. The van der Waals surface area contributed by atoms with E-state index in [9.17, 15) is 18.0 Å². The Morgan fingerprint density at radius 2 is 1.71 bits per heavy atom. The van der Waals surface area contributed by atoms with Gasteiger partial charge in [-0.15, -0.1) is 0 Å². The average Bonchev–Trinajstić information content (AvgIpc) is 2.46. The van der Waals surface area contributed by atoms with Crippen molar-refractivity contribution in [2.24, 2.45) is 0 Å². The lowest BCUT2D eigenvalue weighted by molar-refractivity contribution is -0.137.